The van der Waals surface area contributed by atoms with Gasteiger partial charge in [-0.3, -0.25) is 9.35 Å². The van der Waals surface area contributed by atoms with Crippen LogP contribution < -0.4 is 0 Å². The van der Waals surface area contributed by atoms with Crippen molar-refractivity contribution in [3.63, 3.8) is 0 Å². The molecule has 2 atom stereocenters. The minimum atomic E-state index is -4.60. The van der Waals surface area contributed by atoms with E-state index in [0.29, 0.717) is 12.8 Å². The van der Waals surface area contributed by atoms with E-state index in [1.807, 2.05) is 6.92 Å². The Balaban J connectivity index is 6.06. The first-order valence-corrected chi connectivity index (χ1v) is 9.84. The Morgan fingerprint density at radius 2 is 1.52 bits per heavy atom. The highest BCUT2D eigenvalue weighted by atomic mass is 32.2. The molecular weight excluding hydrogens is 380 g/mol. The van der Waals surface area contributed by atoms with Gasteiger partial charge < -0.3 is 14.2 Å². The Labute approximate surface area is 159 Å². The lowest BCUT2D eigenvalue weighted by Crippen LogP contribution is -2.53. The first-order chi connectivity index (χ1) is 12.4. The van der Waals surface area contributed by atoms with Gasteiger partial charge in [-0.15, -0.1) is 0 Å². The Kier molecular flexibility index (Phi) is 9.95. The van der Waals surface area contributed by atoms with Gasteiger partial charge in [-0.25, -0.2) is 9.59 Å². The van der Waals surface area contributed by atoms with E-state index in [2.05, 4.69) is 13.2 Å². The molecule has 27 heavy (non-hydrogen) atoms. The van der Waals surface area contributed by atoms with E-state index in [1.165, 1.54) is 13.8 Å². The molecule has 0 fully saturated rings. The Bertz CT molecular complexity index is 638. The largest absolute Gasteiger partial charge is 0.458 e. The van der Waals surface area contributed by atoms with Gasteiger partial charge in [-0.05, 0) is 20.3 Å². The molecule has 0 rings (SSSR count). The number of hydrogen-bond donors (Lipinski definition) is 1. The number of esters is 3. The van der Waals surface area contributed by atoms with Crippen molar-refractivity contribution in [2.24, 2.45) is 5.41 Å². The van der Waals surface area contributed by atoms with E-state index in [1.54, 1.807) is 0 Å². The van der Waals surface area contributed by atoms with E-state index >= 15 is 0 Å². The minimum Gasteiger partial charge on any atom is -0.458 e. The summed E-state index contributed by atoms with van der Waals surface area (Å²) in [6.45, 7) is 11.2. The second-order valence-corrected chi connectivity index (χ2v) is 7.24. The molecule has 0 aromatic carbocycles. The summed E-state index contributed by atoms with van der Waals surface area (Å²) in [6.07, 6.45) is 0.623. The summed E-state index contributed by atoms with van der Waals surface area (Å²) in [6, 6.07) is 0. The summed E-state index contributed by atoms with van der Waals surface area (Å²) >= 11 is 0. The predicted octanol–water partition coefficient (Wildman–Crippen LogP) is 1.79. The second kappa shape index (κ2) is 10.8. The summed E-state index contributed by atoms with van der Waals surface area (Å²) in [4.78, 5) is 36.1. The number of hydrogen-bond acceptors (Lipinski definition) is 8. The maximum Gasteiger partial charge on any atom is 0.330 e. The van der Waals surface area contributed by atoms with Crippen LogP contribution in [0.25, 0.3) is 0 Å². The van der Waals surface area contributed by atoms with Gasteiger partial charge in [0.25, 0.3) is 0 Å². The molecule has 1 N–H and O–H groups in total. The van der Waals surface area contributed by atoms with Gasteiger partial charge >= 0.3 is 28.0 Å². The maximum absolute atomic E-state index is 12.8. The number of rotatable bonds is 12. The van der Waals surface area contributed by atoms with Crippen LogP contribution in [0.5, 0.6) is 0 Å². The summed E-state index contributed by atoms with van der Waals surface area (Å²) in [5.41, 5.74) is -1.71. The molecule has 10 heteroatoms. The van der Waals surface area contributed by atoms with Crippen LogP contribution in [0.3, 0.4) is 0 Å². The SMILES string of the molecule is C=CC(=O)OC(C)C(CCCC)(C(=O)OCS(=O)(=O)O)C(C)OC(=O)C=C. The number of unbranched alkanes of at least 4 members (excludes halogenated alkanes) is 1. The zero-order chi connectivity index (χ0) is 21.3. The van der Waals surface area contributed by atoms with Crippen LogP contribution >= 0.6 is 0 Å². The third-order valence-corrected chi connectivity index (χ3v) is 4.45. The van der Waals surface area contributed by atoms with Crippen LogP contribution in [0.1, 0.15) is 40.0 Å². The molecule has 0 aliphatic heterocycles. The monoisotopic (exact) mass is 406 g/mol. The lowest BCUT2D eigenvalue weighted by Gasteiger charge is -2.39. The summed E-state index contributed by atoms with van der Waals surface area (Å²) in [5.74, 6) is -4.03. The average Bonchev–Trinajstić information content (AvgIpc) is 2.59. The maximum atomic E-state index is 12.8. The molecule has 0 spiro atoms. The first-order valence-electron chi connectivity index (χ1n) is 8.23. The fourth-order valence-electron chi connectivity index (χ4n) is 2.56. The van der Waals surface area contributed by atoms with Crippen LogP contribution in [0.15, 0.2) is 25.3 Å². The summed E-state index contributed by atoms with van der Waals surface area (Å²) in [7, 11) is -4.60. The van der Waals surface area contributed by atoms with Crippen LogP contribution in [0, 0.1) is 5.41 Å². The smallest absolute Gasteiger partial charge is 0.330 e. The lowest BCUT2D eigenvalue weighted by molar-refractivity contribution is -0.186. The molecule has 0 radical (unpaired) electrons. The first kappa shape index (κ1) is 24.8. The van der Waals surface area contributed by atoms with Crippen molar-refractivity contribution < 1.29 is 41.6 Å². The van der Waals surface area contributed by atoms with Crippen molar-refractivity contribution in [3.05, 3.63) is 25.3 Å². The second-order valence-electron chi connectivity index (χ2n) is 5.84. The molecule has 2 unspecified atom stereocenters. The molecule has 0 heterocycles. The van der Waals surface area contributed by atoms with Crippen molar-refractivity contribution in [1.29, 1.82) is 0 Å². The van der Waals surface area contributed by atoms with E-state index in [0.717, 1.165) is 12.2 Å². The summed E-state index contributed by atoms with van der Waals surface area (Å²) < 4.78 is 45.8. The topological polar surface area (TPSA) is 133 Å². The van der Waals surface area contributed by atoms with Crippen molar-refractivity contribution in [2.75, 3.05) is 5.94 Å². The highest BCUT2D eigenvalue weighted by Crippen LogP contribution is 2.38. The molecule has 0 aromatic heterocycles. The van der Waals surface area contributed by atoms with Crippen LogP contribution in [-0.2, 0) is 38.7 Å². The molecule has 0 saturated carbocycles. The Morgan fingerprint density at radius 1 is 1.07 bits per heavy atom. The van der Waals surface area contributed by atoms with Gasteiger partial charge in [0.2, 0.25) is 5.94 Å². The molecule has 0 amide bonds. The molecule has 9 nitrogen and oxygen atoms in total. The van der Waals surface area contributed by atoms with E-state index < -0.39 is 51.6 Å². The van der Waals surface area contributed by atoms with Crippen LogP contribution in [0.2, 0.25) is 0 Å². The van der Waals surface area contributed by atoms with Crippen molar-refractivity contribution in [1.82, 2.24) is 0 Å². The molecule has 0 aliphatic rings. The minimum absolute atomic E-state index is 0.0605. The van der Waals surface area contributed by atoms with Crippen molar-refractivity contribution in [2.45, 2.75) is 52.2 Å². The number of carbonyl (C=O) groups is 3. The van der Waals surface area contributed by atoms with Crippen LogP contribution in [0.4, 0.5) is 0 Å². The highest BCUT2D eigenvalue weighted by Gasteiger charge is 2.53. The zero-order valence-corrected chi connectivity index (χ0v) is 16.5. The predicted molar refractivity (Wildman–Crippen MR) is 96.0 cm³/mol. The van der Waals surface area contributed by atoms with Crippen molar-refractivity contribution >= 4 is 28.0 Å². The van der Waals surface area contributed by atoms with Crippen molar-refractivity contribution in [3.8, 4) is 0 Å². The standard InChI is InChI=1S/C17H26O9S/c1-6-9-10-17(12(4)25-14(18)7-2,13(5)26-15(19)8-3)16(20)24-11-27(21,22)23/h7-8,12-13H,2-3,6,9-11H2,1,4-5H3,(H,21,22,23). The molecule has 0 aliphatic carbocycles. The summed E-state index contributed by atoms with van der Waals surface area (Å²) in [5, 5.41) is 0. The highest BCUT2D eigenvalue weighted by molar-refractivity contribution is 7.85. The van der Waals surface area contributed by atoms with Gasteiger partial charge in [-0.1, -0.05) is 32.9 Å². The average molecular weight is 406 g/mol. The lowest BCUT2D eigenvalue weighted by atomic mass is 9.73. The fourth-order valence-corrected chi connectivity index (χ4v) is 2.81. The van der Waals surface area contributed by atoms with E-state index in [-0.39, 0.29) is 6.42 Å². The zero-order valence-electron chi connectivity index (χ0n) is 15.7. The molecule has 0 bridgehead atoms. The Hall–Kier alpha value is -2.20. The molecule has 154 valence electrons. The fraction of sp³-hybridized carbons (Fsp3) is 0.588. The molecule has 0 saturated heterocycles. The van der Waals surface area contributed by atoms with Gasteiger partial charge in [0.15, 0.2) is 0 Å². The normalized spacial score (nSPS) is 15.6. The van der Waals surface area contributed by atoms with Gasteiger partial charge in [0, 0.05) is 12.2 Å². The van der Waals surface area contributed by atoms with Gasteiger partial charge in [0.05, 0.1) is 0 Å². The third-order valence-electron chi connectivity index (χ3n) is 4.03. The molecular formula is C17H26O9S. The van der Waals surface area contributed by atoms with E-state index in [4.69, 9.17) is 18.8 Å². The quantitative estimate of drug-likeness (QED) is 0.223. The Morgan fingerprint density at radius 3 is 1.85 bits per heavy atom. The van der Waals surface area contributed by atoms with Gasteiger partial charge in [0.1, 0.15) is 17.6 Å². The number of carbonyl (C=O) groups excluding carboxylic acids is 3. The number of ether oxygens (including phenoxy) is 3. The van der Waals surface area contributed by atoms with E-state index in [9.17, 15) is 22.8 Å². The molecule has 0 aromatic rings. The van der Waals surface area contributed by atoms with Crippen LogP contribution in [-0.4, -0.2) is 49.0 Å². The van der Waals surface area contributed by atoms with Gasteiger partial charge in [-0.2, -0.15) is 8.42 Å². The third kappa shape index (κ3) is 7.51.